The maximum atomic E-state index is 13.7. The number of benzene rings is 1. The zero-order valence-electron chi connectivity index (χ0n) is 15.3. The van der Waals surface area contributed by atoms with Crippen LogP contribution in [-0.4, -0.2) is 40.4 Å². The van der Waals surface area contributed by atoms with Gasteiger partial charge in [-0.1, -0.05) is 25.1 Å². The Bertz CT molecular complexity index is 780. The first kappa shape index (κ1) is 18.3. The quantitative estimate of drug-likeness (QED) is 0.891. The molecule has 1 aliphatic rings. The van der Waals surface area contributed by atoms with E-state index in [0.717, 1.165) is 31.6 Å². The summed E-state index contributed by atoms with van der Waals surface area (Å²) in [6.45, 7) is 6.07. The number of anilines is 1. The highest BCUT2D eigenvalue weighted by molar-refractivity contribution is 5.92. The number of amides is 1. The van der Waals surface area contributed by atoms with E-state index in [-0.39, 0.29) is 11.7 Å². The van der Waals surface area contributed by atoms with Crippen molar-refractivity contribution in [3.63, 3.8) is 0 Å². The number of hydrogen-bond acceptors (Lipinski definition) is 4. The molecule has 0 saturated carbocycles. The van der Waals surface area contributed by atoms with E-state index in [1.54, 1.807) is 18.2 Å². The maximum absolute atomic E-state index is 13.7. The van der Waals surface area contributed by atoms with Gasteiger partial charge in [0.15, 0.2) is 0 Å². The number of hydrogen-bond donors (Lipinski definition) is 1. The van der Waals surface area contributed by atoms with E-state index in [9.17, 15) is 9.18 Å². The van der Waals surface area contributed by atoms with Crippen molar-refractivity contribution in [1.29, 1.82) is 0 Å². The van der Waals surface area contributed by atoms with Crippen molar-refractivity contribution in [2.75, 3.05) is 25.0 Å². The van der Waals surface area contributed by atoms with Crippen LogP contribution in [0.3, 0.4) is 0 Å². The summed E-state index contributed by atoms with van der Waals surface area (Å²) in [5, 5.41) is 3.11. The number of halogens is 1. The van der Waals surface area contributed by atoms with Crippen LogP contribution in [0, 0.1) is 18.7 Å². The molecule has 0 aliphatic carbocycles. The molecule has 3 rings (SSSR count). The van der Waals surface area contributed by atoms with Crippen LogP contribution in [0.15, 0.2) is 30.3 Å². The molecule has 2 aromatic rings. The van der Waals surface area contributed by atoms with Crippen molar-refractivity contribution < 1.29 is 9.18 Å². The van der Waals surface area contributed by atoms with Gasteiger partial charge in [-0.2, -0.15) is 0 Å². The zero-order valence-corrected chi connectivity index (χ0v) is 15.3. The minimum absolute atomic E-state index is 0.0424. The van der Waals surface area contributed by atoms with E-state index in [4.69, 9.17) is 0 Å². The fourth-order valence-electron chi connectivity index (χ4n) is 3.30. The first-order valence-electron chi connectivity index (χ1n) is 9.15. The molecule has 1 amide bonds. The summed E-state index contributed by atoms with van der Waals surface area (Å²) in [6, 6.07) is 8.44. The standard InChI is InChI=1S/C20H25FN4O/c1-14-6-5-11-25(13-14)19(26)18-12-15(2)23-20(24-18)22-10-9-16-7-3-4-8-17(16)21/h3-4,7-8,12,14H,5-6,9-11,13H2,1-2H3,(H,22,23,24). The van der Waals surface area contributed by atoms with Crippen molar-refractivity contribution >= 4 is 11.9 Å². The molecular formula is C20H25FN4O. The van der Waals surface area contributed by atoms with Gasteiger partial charge in [0, 0.05) is 25.3 Å². The van der Waals surface area contributed by atoms with Gasteiger partial charge in [0.05, 0.1) is 0 Å². The van der Waals surface area contributed by atoms with Gasteiger partial charge in [0.1, 0.15) is 11.5 Å². The Kier molecular flexibility index (Phi) is 5.81. The highest BCUT2D eigenvalue weighted by Gasteiger charge is 2.23. The third kappa shape index (κ3) is 4.56. The second-order valence-electron chi connectivity index (χ2n) is 6.98. The number of nitrogens with one attached hydrogen (secondary N) is 1. The molecule has 1 saturated heterocycles. The Morgan fingerprint density at radius 1 is 1.35 bits per heavy atom. The second kappa shape index (κ2) is 8.25. The molecule has 138 valence electrons. The smallest absolute Gasteiger partial charge is 0.272 e. The van der Waals surface area contributed by atoms with Gasteiger partial charge < -0.3 is 10.2 Å². The number of likely N-dealkylation sites (tertiary alicyclic amines) is 1. The molecule has 1 aromatic carbocycles. The number of carbonyl (C=O) groups is 1. The van der Waals surface area contributed by atoms with Gasteiger partial charge in [0.2, 0.25) is 5.95 Å². The van der Waals surface area contributed by atoms with Crippen molar-refractivity contribution in [1.82, 2.24) is 14.9 Å². The summed E-state index contributed by atoms with van der Waals surface area (Å²) >= 11 is 0. The molecular weight excluding hydrogens is 331 g/mol. The van der Waals surface area contributed by atoms with Crippen LogP contribution in [0.2, 0.25) is 0 Å². The number of aromatic nitrogens is 2. The monoisotopic (exact) mass is 356 g/mol. The third-order valence-corrected chi connectivity index (χ3v) is 4.65. The predicted molar refractivity (Wildman–Crippen MR) is 99.7 cm³/mol. The fourth-order valence-corrected chi connectivity index (χ4v) is 3.30. The van der Waals surface area contributed by atoms with Crippen LogP contribution < -0.4 is 5.32 Å². The lowest BCUT2D eigenvalue weighted by Crippen LogP contribution is -2.39. The van der Waals surface area contributed by atoms with Gasteiger partial charge in [-0.05, 0) is 49.8 Å². The fraction of sp³-hybridized carbons (Fsp3) is 0.450. The summed E-state index contributed by atoms with van der Waals surface area (Å²) in [4.78, 5) is 23.3. The summed E-state index contributed by atoms with van der Waals surface area (Å²) in [7, 11) is 0. The molecule has 0 bridgehead atoms. The Balaban J connectivity index is 1.65. The first-order valence-corrected chi connectivity index (χ1v) is 9.15. The number of rotatable bonds is 5. The van der Waals surface area contributed by atoms with Crippen molar-refractivity contribution in [2.24, 2.45) is 5.92 Å². The molecule has 2 heterocycles. The number of aryl methyl sites for hydroxylation is 1. The molecule has 1 aliphatic heterocycles. The molecule has 6 heteroatoms. The summed E-state index contributed by atoms with van der Waals surface area (Å²) in [5.74, 6) is 0.678. The lowest BCUT2D eigenvalue weighted by Gasteiger charge is -2.30. The van der Waals surface area contributed by atoms with Crippen molar-refractivity contribution in [2.45, 2.75) is 33.1 Å². The van der Waals surface area contributed by atoms with Crippen LogP contribution >= 0.6 is 0 Å². The Morgan fingerprint density at radius 2 is 2.15 bits per heavy atom. The minimum Gasteiger partial charge on any atom is -0.354 e. The molecule has 0 radical (unpaired) electrons. The largest absolute Gasteiger partial charge is 0.354 e. The average molecular weight is 356 g/mol. The summed E-state index contributed by atoms with van der Waals surface area (Å²) < 4.78 is 13.7. The van der Waals surface area contributed by atoms with Crippen LogP contribution in [-0.2, 0) is 6.42 Å². The van der Waals surface area contributed by atoms with E-state index in [1.165, 1.54) is 6.07 Å². The molecule has 1 aromatic heterocycles. The van der Waals surface area contributed by atoms with E-state index >= 15 is 0 Å². The lowest BCUT2D eigenvalue weighted by atomic mass is 10.00. The Hall–Kier alpha value is -2.50. The number of carbonyl (C=O) groups excluding carboxylic acids is 1. The van der Waals surface area contributed by atoms with Gasteiger partial charge in [-0.15, -0.1) is 0 Å². The molecule has 1 atom stereocenters. The SMILES string of the molecule is Cc1cc(C(=O)N2CCCC(C)C2)nc(NCCc2ccccc2F)n1. The summed E-state index contributed by atoms with van der Waals surface area (Å²) in [6.07, 6.45) is 2.72. The minimum atomic E-state index is -0.213. The molecule has 26 heavy (non-hydrogen) atoms. The van der Waals surface area contributed by atoms with Crippen molar-refractivity contribution in [3.05, 3.63) is 53.1 Å². The third-order valence-electron chi connectivity index (χ3n) is 4.65. The summed E-state index contributed by atoms with van der Waals surface area (Å²) in [5.41, 5.74) is 1.80. The van der Waals surface area contributed by atoms with Crippen LogP contribution in [0.1, 0.15) is 41.5 Å². The average Bonchev–Trinajstić information content (AvgIpc) is 2.62. The molecule has 1 fully saturated rings. The predicted octanol–water partition coefficient (Wildman–Crippen LogP) is 3.45. The van der Waals surface area contributed by atoms with Gasteiger partial charge in [-0.25, -0.2) is 14.4 Å². The van der Waals surface area contributed by atoms with E-state index in [1.807, 2.05) is 17.9 Å². The molecule has 5 nitrogen and oxygen atoms in total. The lowest BCUT2D eigenvalue weighted by molar-refractivity contribution is 0.0677. The zero-order chi connectivity index (χ0) is 18.5. The normalized spacial score (nSPS) is 17.2. The molecule has 0 spiro atoms. The maximum Gasteiger partial charge on any atom is 0.272 e. The second-order valence-corrected chi connectivity index (χ2v) is 6.98. The van der Waals surface area contributed by atoms with Crippen LogP contribution in [0.5, 0.6) is 0 Å². The molecule has 1 N–H and O–H groups in total. The van der Waals surface area contributed by atoms with Gasteiger partial charge in [0.25, 0.3) is 5.91 Å². The highest BCUT2D eigenvalue weighted by atomic mass is 19.1. The highest BCUT2D eigenvalue weighted by Crippen LogP contribution is 2.18. The van der Waals surface area contributed by atoms with Gasteiger partial charge in [-0.3, -0.25) is 4.79 Å². The van der Waals surface area contributed by atoms with Gasteiger partial charge >= 0.3 is 0 Å². The van der Waals surface area contributed by atoms with E-state index < -0.39 is 0 Å². The Morgan fingerprint density at radius 3 is 2.92 bits per heavy atom. The van der Waals surface area contributed by atoms with Crippen molar-refractivity contribution in [3.8, 4) is 0 Å². The number of nitrogens with zero attached hydrogens (tertiary/aromatic N) is 3. The van der Waals surface area contributed by atoms with E-state index in [0.29, 0.717) is 36.1 Å². The van der Waals surface area contributed by atoms with Crippen LogP contribution in [0.4, 0.5) is 10.3 Å². The van der Waals surface area contributed by atoms with Crippen LogP contribution in [0.25, 0.3) is 0 Å². The molecule has 1 unspecified atom stereocenters. The Labute approximate surface area is 153 Å². The number of piperidine rings is 1. The topological polar surface area (TPSA) is 58.1 Å². The first-order chi connectivity index (χ1) is 12.5. The van der Waals surface area contributed by atoms with E-state index in [2.05, 4.69) is 22.2 Å².